The van der Waals surface area contributed by atoms with Gasteiger partial charge >= 0.3 is 5.97 Å². The molecule has 0 saturated carbocycles. The molecule has 2 aromatic rings. The molecule has 2 rings (SSSR count). The summed E-state index contributed by atoms with van der Waals surface area (Å²) in [5, 5.41) is 0. The summed E-state index contributed by atoms with van der Waals surface area (Å²) in [5.41, 5.74) is 1.52. The third-order valence-corrected chi connectivity index (χ3v) is 3.58. The Kier molecular flexibility index (Phi) is 3.20. The van der Waals surface area contributed by atoms with Gasteiger partial charge in [-0.15, -0.1) is 11.3 Å². The van der Waals surface area contributed by atoms with Gasteiger partial charge in [-0.1, -0.05) is 0 Å². The molecule has 0 bridgehead atoms. The maximum Gasteiger partial charge on any atom is 0.338 e. The Hall–Kier alpha value is -0.690. The van der Waals surface area contributed by atoms with E-state index in [-0.39, 0.29) is 5.97 Å². The number of halogens is 1. The van der Waals surface area contributed by atoms with Gasteiger partial charge < -0.3 is 4.74 Å². The summed E-state index contributed by atoms with van der Waals surface area (Å²) >= 11 is 3.74. The van der Waals surface area contributed by atoms with E-state index in [1.165, 1.54) is 0 Å². The molecule has 0 fully saturated rings. The monoisotopic (exact) mass is 333 g/mol. The van der Waals surface area contributed by atoms with Crippen molar-refractivity contribution in [2.75, 3.05) is 6.61 Å². The molecule has 0 aliphatic rings. The van der Waals surface area contributed by atoms with Crippen molar-refractivity contribution in [3.05, 3.63) is 26.8 Å². The Morgan fingerprint density at radius 1 is 1.60 bits per heavy atom. The number of esters is 1. The van der Waals surface area contributed by atoms with Crippen LogP contribution in [0.25, 0.3) is 10.2 Å². The van der Waals surface area contributed by atoms with Gasteiger partial charge in [-0.3, -0.25) is 0 Å². The Bertz CT molecular complexity index is 509. The summed E-state index contributed by atoms with van der Waals surface area (Å²) < 4.78 is 6.92. The zero-order valence-corrected chi connectivity index (χ0v) is 11.0. The first-order chi connectivity index (χ1) is 7.20. The van der Waals surface area contributed by atoms with Crippen molar-refractivity contribution in [2.45, 2.75) is 6.92 Å². The van der Waals surface area contributed by atoms with Gasteiger partial charge in [0.25, 0.3) is 0 Å². The average Bonchev–Trinajstić information content (AvgIpc) is 2.57. The van der Waals surface area contributed by atoms with E-state index in [1.54, 1.807) is 24.3 Å². The number of fused-ring (bicyclic) bond motifs is 1. The van der Waals surface area contributed by atoms with Crippen molar-refractivity contribution in [1.82, 2.24) is 4.98 Å². The first kappa shape index (κ1) is 10.8. The third kappa shape index (κ3) is 2.28. The Morgan fingerprint density at radius 3 is 3.13 bits per heavy atom. The number of hydrogen-bond acceptors (Lipinski definition) is 4. The Morgan fingerprint density at radius 2 is 2.40 bits per heavy atom. The summed E-state index contributed by atoms with van der Waals surface area (Å²) in [6, 6.07) is 5.42. The first-order valence-electron chi connectivity index (χ1n) is 4.44. The van der Waals surface area contributed by atoms with Crippen molar-refractivity contribution in [3.63, 3.8) is 0 Å². The van der Waals surface area contributed by atoms with Crippen LogP contribution in [-0.4, -0.2) is 17.6 Å². The van der Waals surface area contributed by atoms with Crippen molar-refractivity contribution in [2.24, 2.45) is 0 Å². The highest BCUT2D eigenvalue weighted by Crippen LogP contribution is 2.24. The van der Waals surface area contributed by atoms with Crippen LogP contribution in [0.1, 0.15) is 17.3 Å². The normalized spacial score (nSPS) is 10.5. The zero-order chi connectivity index (χ0) is 10.8. The number of nitrogens with zero attached hydrogens (tertiary/aromatic N) is 1. The SMILES string of the molecule is CCOC(=O)c1ccc2nc(I)sc2c1. The predicted octanol–water partition coefficient (Wildman–Crippen LogP) is 3.08. The van der Waals surface area contributed by atoms with Gasteiger partial charge in [0, 0.05) is 0 Å². The molecule has 0 atom stereocenters. The maximum atomic E-state index is 11.5. The fraction of sp³-hybridized carbons (Fsp3) is 0.200. The lowest BCUT2D eigenvalue weighted by Gasteiger charge is -2.00. The maximum absolute atomic E-state index is 11.5. The number of hydrogen-bond donors (Lipinski definition) is 0. The number of rotatable bonds is 2. The van der Waals surface area contributed by atoms with E-state index in [0.29, 0.717) is 12.2 Å². The molecule has 0 aliphatic carbocycles. The minimum Gasteiger partial charge on any atom is -0.462 e. The largest absolute Gasteiger partial charge is 0.462 e. The molecule has 0 unspecified atom stereocenters. The van der Waals surface area contributed by atoms with Crippen molar-refractivity contribution >= 4 is 50.1 Å². The topological polar surface area (TPSA) is 39.2 Å². The number of carbonyl (C=O) groups is 1. The molecule has 0 radical (unpaired) electrons. The van der Waals surface area contributed by atoms with Crippen LogP contribution in [-0.2, 0) is 4.74 Å². The number of aromatic nitrogens is 1. The standard InChI is InChI=1S/C10H8INO2S/c1-2-14-9(13)6-3-4-7-8(5-6)15-10(11)12-7/h3-5H,2H2,1H3. The van der Waals surface area contributed by atoms with Crippen molar-refractivity contribution in [1.29, 1.82) is 0 Å². The Labute approximate surface area is 105 Å². The number of thiazole rings is 1. The molecule has 78 valence electrons. The minimum atomic E-state index is -0.275. The van der Waals surface area contributed by atoms with E-state index in [0.717, 1.165) is 13.2 Å². The zero-order valence-electron chi connectivity index (χ0n) is 7.99. The van der Waals surface area contributed by atoms with E-state index < -0.39 is 0 Å². The second-order valence-electron chi connectivity index (χ2n) is 2.87. The first-order valence-corrected chi connectivity index (χ1v) is 6.33. The predicted molar refractivity (Wildman–Crippen MR) is 68.3 cm³/mol. The fourth-order valence-electron chi connectivity index (χ4n) is 1.24. The Balaban J connectivity index is 2.41. The van der Waals surface area contributed by atoms with E-state index >= 15 is 0 Å². The molecule has 1 aromatic heterocycles. The van der Waals surface area contributed by atoms with Gasteiger partial charge in [-0.05, 0) is 47.7 Å². The molecule has 5 heteroatoms. The minimum absolute atomic E-state index is 0.275. The summed E-state index contributed by atoms with van der Waals surface area (Å²) in [6.45, 7) is 2.20. The molecule has 1 heterocycles. The average molecular weight is 333 g/mol. The van der Waals surface area contributed by atoms with Gasteiger partial charge in [-0.25, -0.2) is 9.78 Å². The van der Waals surface area contributed by atoms with Crippen molar-refractivity contribution < 1.29 is 9.53 Å². The van der Waals surface area contributed by atoms with Crippen LogP contribution in [0.3, 0.4) is 0 Å². The second kappa shape index (κ2) is 4.44. The summed E-state index contributed by atoms with van der Waals surface area (Å²) in [4.78, 5) is 15.8. The van der Waals surface area contributed by atoms with Crippen molar-refractivity contribution in [3.8, 4) is 0 Å². The van der Waals surface area contributed by atoms with Crippen LogP contribution >= 0.6 is 33.9 Å². The molecule has 0 aliphatic heterocycles. The lowest BCUT2D eigenvalue weighted by Crippen LogP contribution is -2.03. The molecular formula is C10H8INO2S. The molecule has 1 aromatic carbocycles. The van der Waals surface area contributed by atoms with E-state index in [9.17, 15) is 4.79 Å². The van der Waals surface area contributed by atoms with E-state index in [4.69, 9.17) is 4.74 Å². The highest BCUT2D eigenvalue weighted by molar-refractivity contribution is 14.1. The number of ether oxygens (including phenoxy) is 1. The van der Waals surface area contributed by atoms with Crippen LogP contribution in [0.2, 0.25) is 0 Å². The number of carbonyl (C=O) groups excluding carboxylic acids is 1. The van der Waals surface area contributed by atoms with Crippen LogP contribution in [0.5, 0.6) is 0 Å². The molecule has 15 heavy (non-hydrogen) atoms. The lowest BCUT2D eigenvalue weighted by molar-refractivity contribution is 0.0526. The van der Waals surface area contributed by atoms with Crippen LogP contribution in [0, 0.1) is 3.01 Å². The van der Waals surface area contributed by atoms with Crippen LogP contribution in [0.15, 0.2) is 18.2 Å². The number of benzene rings is 1. The van der Waals surface area contributed by atoms with Crippen LogP contribution < -0.4 is 0 Å². The second-order valence-corrected chi connectivity index (χ2v) is 5.65. The highest BCUT2D eigenvalue weighted by Gasteiger charge is 2.08. The molecule has 0 N–H and O–H groups in total. The van der Waals surface area contributed by atoms with Gasteiger partial charge in [0.15, 0.2) is 3.01 Å². The summed E-state index contributed by atoms with van der Waals surface area (Å²) in [7, 11) is 0. The summed E-state index contributed by atoms with van der Waals surface area (Å²) in [6.07, 6.45) is 0. The van der Waals surface area contributed by atoms with E-state index in [1.807, 2.05) is 12.1 Å². The molecule has 3 nitrogen and oxygen atoms in total. The van der Waals surface area contributed by atoms with Gasteiger partial charge in [0.05, 0.1) is 22.4 Å². The fourth-order valence-corrected chi connectivity index (χ4v) is 2.94. The molecular weight excluding hydrogens is 325 g/mol. The lowest BCUT2D eigenvalue weighted by atomic mass is 10.2. The van der Waals surface area contributed by atoms with Gasteiger partial charge in [-0.2, -0.15) is 0 Å². The van der Waals surface area contributed by atoms with Gasteiger partial charge in [0.2, 0.25) is 0 Å². The quantitative estimate of drug-likeness (QED) is 0.626. The smallest absolute Gasteiger partial charge is 0.338 e. The third-order valence-electron chi connectivity index (χ3n) is 1.87. The highest BCUT2D eigenvalue weighted by atomic mass is 127. The van der Waals surface area contributed by atoms with Gasteiger partial charge in [0.1, 0.15) is 0 Å². The molecule has 0 saturated heterocycles. The molecule has 0 spiro atoms. The van der Waals surface area contributed by atoms with Crippen LogP contribution in [0.4, 0.5) is 0 Å². The summed E-state index contributed by atoms with van der Waals surface area (Å²) in [5.74, 6) is -0.275. The van der Waals surface area contributed by atoms with E-state index in [2.05, 4.69) is 27.6 Å². The molecule has 0 amide bonds.